The van der Waals surface area contributed by atoms with Gasteiger partial charge in [-0.1, -0.05) is 30.3 Å². The van der Waals surface area contributed by atoms with Gasteiger partial charge in [0.25, 0.3) is 5.69 Å². The smallest absolute Gasteiger partial charge is 0.417 e. The molecule has 3 rings (SSSR count). The number of fused-ring (bicyclic) bond motifs is 1. The molecule has 0 aliphatic carbocycles. The first-order valence-electron chi connectivity index (χ1n) is 12.1. The van der Waals surface area contributed by atoms with E-state index in [2.05, 4.69) is 5.32 Å². The van der Waals surface area contributed by atoms with Crippen LogP contribution in [0.2, 0.25) is 0 Å². The lowest BCUT2D eigenvalue weighted by atomic mass is 9.95. The zero-order valence-corrected chi connectivity index (χ0v) is 22.1. The first-order chi connectivity index (χ1) is 18.6. The summed E-state index contributed by atoms with van der Waals surface area (Å²) >= 11 is 0. The molecule has 0 saturated carbocycles. The summed E-state index contributed by atoms with van der Waals surface area (Å²) in [7, 11) is 1.14. The van der Waals surface area contributed by atoms with Gasteiger partial charge in [-0.2, -0.15) is 13.2 Å². The Morgan fingerprint density at radius 1 is 1.02 bits per heavy atom. The highest BCUT2D eigenvalue weighted by atomic mass is 19.4. The molecule has 9 nitrogen and oxygen atoms in total. The van der Waals surface area contributed by atoms with Crippen molar-refractivity contribution in [2.45, 2.75) is 51.4 Å². The van der Waals surface area contributed by atoms with Crippen LogP contribution in [-0.4, -0.2) is 35.7 Å². The Morgan fingerprint density at radius 3 is 2.27 bits per heavy atom. The van der Waals surface area contributed by atoms with Crippen LogP contribution in [0.15, 0.2) is 59.4 Å². The number of nitro benzene ring substituents is 1. The van der Waals surface area contributed by atoms with Gasteiger partial charge in [-0.25, -0.2) is 9.59 Å². The monoisotopic (exact) mass is 560 g/mol. The van der Waals surface area contributed by atoms with Crippen LogP contribution in [0.1, 0.15) is 43.0 Å². The van der Waals surface area contributed by atoms with Crippen molar-refractivity contribution in [3.05, 3.63) is 97.2 Å². The molecule has 3 aromatic rings. The first-order valence-corrected chi connectivity index (χ1v) is 12.1. The number of hydrogen-bond acceptors (Lipinski definition) is 7. The Hall–Kier alpha value is -4.48. The largest absolute Gasteiger partial charge is 0.467 e. The molecule has 3 aromatic carbocycles. The van der Waals surface area contributed by atoms with E-state index in [4.69, 9.17) is 9.47 Å². The number of hydrogen-bond donors (Lipinski definition) is 1. The molecule has 0 spiro atoms. The topological polar surface area (TPSA) is 125 Å². The number of halogens is 3. The number of carbonyl (C=O) groups is 2. The second-order valence-electron chi connectivity index (χ2n) is 10.0. The third-order valence-corrected chi connectivity index (χ3v) is 5.80. The normalized spacial score (nSPS) is 12.5. The van der Waals surface area contributed by atoms with Crippen molar-refractivity contribution < 1.29 is 37.2 Å². The van der Waals surface area contributed by atoms with E-state index in [0.717, 1.165) is 31.4 Å². The summed E-state index contributed by atoms with van der Waals surface area (Å²) in [6.07, 6.45) is -6.38. The van der Waals surface area contributed by atoms with E-state index in [1.54, 1.807) is 26.8 Å². The summed E-state index contributed by atoms with van der Waals surface area (Å²) in [5, 5.41) is 13.2. The minimum Gasteiger partial charge on any atom is -0.467 e. The Labute approximate surface area is 227 Å². The molecule has 1 atom stereocenters. The molecule has 0 radical (unpaired) electrons. The van der Waals surface area contributed by atoms with E-state index in [-0.39, 0.29) is 11.8 Å². The maximum absolute atomic E-state index is 14.4. The van der Waals surface area contributed by atoms with Gasteiger partial charge in [-0.15, -0.1) is 0 Å². The van der Waals surface area contributed by atoms with Crippen molar-refractivity contribution in [3.63, 3.8) is 0 Å². The minimum atomic E-state index is -4.99. The molecule has 0 bridgehead atoms. The quantitative estimate of drug-likeness (QED) is 0.235. The SMILES string of the molecule is COC(=O)[C@H](Cc1cccc(Cc2c(C(F)(F)F)c3cc([N+](=O)[O-])ccc3ccc2=O)c1)NC(=O)OC(C)(C)C. The number of nitro groups is 1. The molecule has 12 heteroatoms. The summed E-state index contributed by atoms with van der Waals surface area (Å²) in [5.41, 5.74) is -3.34. The highest BCUT2D eigenvalue weighted by molar-refractivity contribution is 5.88. The van der Waals surface area contributed by atoms with Gasteiger partial charge in [0, 0.05) is 35.9 Å². The number of alkyl carbamates (subject to hydrolysis) is 1. The average Bonchev–Trinajstić information content (AvgIpc) is 2.98. The van der Waals surface area contributed by atoms with Crippen LogP contribution < -0.4 is 10.7 Å². The van der Waals surface area contributed by atoms with Crippen molar-refractivity contribution in [1.29, 1.82) is 0 Å². The minimum absolute atomic E-state index is 0.0177. The second-order valence-corrected chi connectivity index (χ2v) is 10.0. The molecule has 0 heterocycles. The number of rotatable bonds is 7. The molecule has 212 valence electrons. The van der Waals surface area contributed by atoms with E-state index in [1.165, 1.54) is 24.3 Å². The molecule has 0 aliphatic rings. The summed E-state index contributed by atoms with van der Waals surface area (Å²) in [4.78, 5) is 47.9. The maximum atomic E-state index is 14.4. The summed E-state index contributed by atoms with van der Waals surface area (Å²) in [6.45, 7) is 4.94. The summed E-state index contributed by atoms with van der Waals surface area (Å²) in [6, 6.07) is 10.2. The third kappa shape index (κ3) is 7.55. The number of carbonyl (C=O) groups excluding carboxylic acids is 2. The van der Waals surface area contributed by atoms with Gasteiger partial charge >= 0.3 is 18.2 Å². The zero-order chi connectivity index (χ0) is 29.8. The predicted molar refractivity (Wildman–Crippen MR) is 140 cm³/mol. The number of esters is 1. The number of ether oxygens (including phenoxy) is 2. The van der Waals surface area contributed by atoms with Crippen LogP contribution in [0.3, 0.4) is 0 Å². The number of nitrogens with zero attached hydrogens (tertiary/aromatic N) is 1. The van der Waals surface area contributed by atoms with E-state index in [9.17, 15) is 37.7 Å². The Morgan fingerprint density at radius 2 is 1.68 bits per heavy atom. The maximum Gasteiger partial charge on any atom is 0.417 e. The lowest BCUT2D eigenvalue weighted by Crippen LogP contribution is -2.45. The lowest BCUT2D eigenvalue weighted by molar-refractivity contribution is -0.384. The molecular formula is C28H27F3N2O7. The average molecular weight is 561 g/mol. The van der Waals surface area contributed by atoms with Crippen molar-refractivity contribution in [2.24, 2.45) is 0 Å². The van der Waals surface area contributed by atoms with E-state index >= 15 is 0 Å². The van der Waals surface area contributed by atoms with Crippen molar-refractivity contribution in [2.75, 3.05) is 7.11 Å². The standard InChI is InChI=1S/C28H27F3N2O7/c1-27(2,3)40-26(36)32-22(25(35)39-4)14-17-7-5-6-16(12-17)13-21-23(34)11-9-18-8-10-19(33(37)38)15-20(18)24(21)28(29,30)31/h5-12,15,22H,13-14H2,1-4H3,(H,32,36)/t22-/m0/s1. The molecule has 1 amide bonds. The summed E-state index contributed by atoms with van der Waals surface area (Å²) < 4.78 is 53.1. The van der Waals surface area contributed by atoms with Gasteiger partial charge < -0.3 is 14.8 Å². The molecule has 0 aliphatic heterocycles. The fraction of sp³-hybridized carbons (Fsp3) is 0.321. The van der Waals surface area contributed by atoms with Gasteiger partial charge in [-0.05, 0) is 49.4 Å². The number of nitrogens with one attached hydrogen (secondary N) is 1. The van der Waals surface area contributed by atoms with Crippen LogP contribution >= 0.6 is 0 Å². The van der Waals surface area contributed by atoms with Gasteiger partial charge in [0.15, 0.2) is 5.43 Å². The fourth-order valence-corrected chi connectivity index (χ4v) is 4.16. The molecule has 40 heavy (non-hydrogen) atoms. The number of alkyl halides is 3. The lowest BCUT2D eigenvalue weighted by Gasteiger charge is -2.22. The Bertz CT molecular complexity index is 1510. The summed E-state index contributed by atoms with van der Waals surface area (Å²) in [5.74, 6) is -0.763. The number of methoxy groups -OCH3 is 1. The first kappa shape index (κ1) is 30.1. The second kappa shape index (κ2) is 11.7. The van der Waals surface area contributed by atoms with Crippen molar-refractivity contribution in [1.82, 2.24) is 5.32 Å². The number of benzene rings is 2. The predicted octanol–water partition coefficient (Wildman–Crippen LogP) is 5.33. The number of non-ortho nitro benzene ring substituents is 1. The highest BCUT2D eigenvalue weighted by Crippen LogP contribution is 2.37. The van der Waals surface area contributed by atoms with Gasteiger partial charge in [0.1, 0.15) is 11.6 Å². The van der Waals surface area contributed by atoms with Crippen LogP contribution in [0, 0.1) is 10.1 Å². The Kier molecular flexibility index (Phi) is 8.81. The van der Waals surface area contributed by atoms with E-state index in [1.807, 2.05) is 0 Å². The molecular weight excluding hydrogens is 533 g/mol. The Balaban J connectivity index is 2.04. The fourth-order valence-electron chi connectivity index (χ4n) is 4.16. The highest BCUT2D eigenvalue weighted by Gasteiger charge is 2.36. The van der Waals surface area contributed by atoms with Crippen molar-refractivity contribution in [3.8, 4) is 0 Å². The van der Waals surface area contributed by atoms with Crippen LogP contribution in [0.5, 0.6) is 0 Å². The van der Waals surface area contributed by atoms with Crippen molar-refractivity contribution >= 4 is 28.5 Å². The van der Waals surface area contributed by atoms with E-state index in [0.29, 0.717) is 11.1 Å². The van der Waals surface area contributed by atoms with Crippen LogP contribution in [-0.2, 0) is 33.3 Å². The molecule has 0 saturated heterocycles. The molecule has 0 unspecified atom stereocenters. The van der Waals surface area contributed by atoms with Gasteiger partial charge in [0.2, 0.25) is 0 Å². The van der Waals surface area contributed by atoms with E-state index < -0.39 is 68.9 Å². The van der Waals surface area contributed by atoms with Gasteiger partial charge in [0.05, 0.1) is 17.6 Å². The molecule has 0 fully saturated rings. The zero-order valence-electron chi connectivity index (χ0n) is 22.1. The third-order valence-electron chi connectivity index (χ3n) is 5.80. The molecule has 1 N–H and O–H groups in total. The van der Waals surface area contributed by atoms with Crippen LogP contribution in [0.25, 0.3) is 10.8 Å². The number of amides is 1. The molecule has 0 aromatic heterocycles. The van der Waals surface area contributed by atoms with Crippen LogP contribution in [0.4, 0.5) is 23.7 Å². The van der Waals surface area contributed by atoms with Gasteiger partial charge in [-0.3, -0.25) is 14.9 Å².